The quantitative estimate of drug-likeness (QED) is 0.547. The zero-order valence-electron chi connectivity index (χ0n) is 7.09. The van der Waals surface area contributed by atoms with E-state index in [2.05, 4.69) is 29.1 Å². The molecule has 0 aliphatic rings. The molecule has 0 unspecified atom stereocenters. The second-order valence-electron chi connectivity index (χ2n) is 2.83. The average Bonchev–Trinajstić information content (AvgIpc) is 2.14. The summed E-state index contributed by atoms with van der Waals surface area (Å²) in [5.41, 5.74) is 1.41. The number of aryl methyl sites for hydroxylation is 1. The first-order chi connectivity index (χ1) is 5.93. The van der Waals surface area contributed by atoms with Gasteiger partial charge in [-0.2, -0.15) is 0 Å². The molecule has 0 fully saturated rings. The number of rotatable bonds is 5. The Labute approximate surface area is 78.9 Å². The summed E-state index contributed by atoms with van der Waals surface area (Å²) in [5, 5.41) is 0. The molecule has 0 spiro atoms. The zero-order valence-corrected chi connectivity index (χ0v) is 7.85. The van der Waals surface area contributed by atoms with Gasteiger partial charge in [0.2, 0.25) is 0 Å². The highest BCUT2D eigenvalue weighted by molar-refractivity contribution is 6.13. The van der Waals surface area contributed by atoms with Crippen molar-refractivity contribution in [2.45, 2.75) is 19.3 Å². The number of hydrogen-bond acceptors (Lipinski definition) is 1. The maximum absolute atomic E-state index is 5.33. The topological polar surface area (TPSA) is 12.0 Å². The highest BCUT2D eigenvalue weighted by Gasteiger charge is 1.90. The van der Waals surface area contributed by atoms with Crippen LogP contribution in [0.4, 0.5) is 0 Å². The van der Waals surface area contributed by atoms with Gasteiger partial charge in [-0.05, 0) is 36.6 Å². The fourth-order valence-electron chi connectivity index (χ4n) is 1.17. The highest BCUT2D eigenvalue weighted by Crippen LogP contribution is 2.03. The van der Waals surface area contributed by atoms with Crippen molar-refractivity contribution in [3.05, 3.63) is 35.9 Å². The second kappa shape index (κ2) is 6.04. The van der Waals surface area contributed by atoms with E-state index in [1.807, 2.05) is 6.07 Å². The molecule has 0 saturated carbocycles. The van der Waals surface area contributed by atoms with E-state index in [0.29, 0.717) is 0 Å². The van der Waals surface area contributed by atoms with Crippen molar-refractivity contribution in [1.29, 1.82) is 0 Å². The van der Waals surface area contributed by atoms with Gasteiger partial charge in [0.1, 0.15) is 0 Å². The van der Waals surface area contributed by atoms with Gasteiger partial charge < -0.3 is 0 Å². The Balaban J connectivity index is 2.16. The van der Waals surface area contributed by atoms with Crippen LogP contribution in [0, 0.1) is 0 Å². The first kappa shape index (κ1) is 9.56. The van der Waals surface area contributed by atoms with Gasteiger partial charge in [-0.15, -0.1) is 0 Å². The Hall–Kier alpha value is -0.530. The van der Waals surface area contributed by atoms with Gasteiger partial charge in [0.25, 0.3) is 0 Å². The molecule has 0 bridgehead atoms. The third kappa shape index (κ3) is 3.74. The Morgan fingerprint density at radius 1 is 1.08 bits per heavy atom. The molecule has 0 aliphatic heterocycles. The fraction of sp³-hybridized carbons (Fsp3) is 0.400. The Kier molecular flexibility index (Phi) is 4.81. The van der Waals surface area contributed by atoms with Crippen LogP contribution in [-0.2, 0) is 6.42 Å². The van der Waals surface area contributed by atoms with E-state index < -0.39 is 0 Å². The van der Waals surface area contributed by atoms with Gasteiger partial charge in [0.15, 0.2) is 0 Å². The molecule has 0 aromatic heterocycles. The summed E-state index contributed by atoms with van der Waals surface area (Å²) < 4.78 is 0. The summed E-state index contributed by atoms with van der Waals surface area (Å²) in [6.07, 6.45) is 3.49. The third-order valence-corrected chi connectivity index (χ3v) is 2.02. The van der Waals surface area contributed by atoms with Crippen LogP contribution < -0.4 is 4.84 Å². The predicted molar refractivity (Wildman–Crippen MR) is 53.2 cm³/mol. The first-order valence-electron chi connectivity index (χ1n) is 4.31. The number of benzene rings is 1. The molecule has 1 N–H and O–H groups in total. The molecular formula is C10H14ClN. The molecule has 0 aliphatic carbocycles. The number of unbranched alkanes of at least 4 members (excludes halogenated alkanes) is 1. The zero-order chi connectivity index (χ0) is 8.65. The minimum absolute atomic E-state index is 0.897. The van der Waals surface area contributed by atoms with Crippen molar-refractivity contribution in [3.63, 3.8) is 0 Å². The van der Waals surface area contributed by atoms with Crippen LogP contribution >= 0.6 is 11.8 Å². The largest absolute Gasteiger partial charge is 0.234 e. The van der Waals surface area contributed by atoms with Crippen LogP contribution in [0.5, 0.6) is 0 Å². The van der Waals surface area contributed by atoms with Crippen molar-refractivity contribution < 1.29 is 0 Å². The van der Waals surface area contributed by atoms with E-state index in [4.69, 9.17) is 11.8 Å². The number of nitrogens with one attached hydrogen (secondary N) is 1. The predicted octanol–water partition coefficient (Wildman–Crippen LogP) is 2.75. The molecule has 0 atom stereocenters. The van der Waals surface area contributed by atoms with E-state index in [9.17, 15) is 0 Å². The van der Waals surface area contributed by atoms with Crippen LogP contribution in [0.25, 0.3) is 0 Å². The summed E-state index contributed by atoms with van der Waals surface area (Å²) in [6.45, 7) is 0.897. The van der Waals surface area contributed by atoms with Gasteiger partial charge in [-0.25, -0.2) is 4.84 Å². The van der Waals surface area contributed by atoms with E-state index in [0.717, 1.165) is 19.4 Å². The standard InChI is InChI=1S/C10H14ClN/c11-12-9-5-4-8-10-6-2-1-3-7-10/h1-3,6-7,12H,4-5,8-9H2. The van der Waals surface area contributed by atoms with Crippen LogP contribution in [0.3, 0.4) is 0 Å². The number of halogens is 1. The molecule has 12 heavy (non-hydrogen) atoms. The summed E-state index contributed by atoms with van der Waals surface area (Å²) in [5.74, 6) is 0. The Morgan fingerprint density at radius 2 is 1.83 bits per heavy atom. The van der Waals surface area contributed by atoms with E-state index in [-0.39, 0.29) is 0 Å². The maximum atomic E-state index is 5.33. The Morgan fingerprint density at radius 3 is 2.50 bits per heavy atom. The van der Waals surface area contributed by atoms with Crippen molar-refractivity contribution in [3.8, 4) is 0 Å². The minimum Gasteiger partial charge on any atom is -0.234 e. The maximum Gasteiger partial charge on any atom is 0.0108 e. The monoisotopic (exact) mass is 183 g/mol. The highest BCUT2D eigenvalue weighted by atomic mass is 35.5. The first-order valence-corrected chi connectivity index (χ1v) is 4.68. The fourth-order valence-corrected chi connectivity index (χ4v) is 1.30. The second-order valence-corrected chi connectivity index (χ2v) is 3.09. The van der Waals surface area contributed by atoms with Crippen LogP contribution in [0.2, 0.25) is 0 Å². The van der Waals surface area contributed by atoms with Gasteiger partial charge in [-0.1, -0.05) is 30.3 Å². The van der Waals surface area contributed by atoms with Crippen LogP contribution in [0.15, 0.2) is 30.3 Å². The summed E-state index contributed by atoms with van der Waals surface area (Å²) in [7, 11) is 0. The van der Waals surface area contributed by atoms with Gasteiger partial charge >= 0.3 is 0 Å². The van der Waals surface area contributed by atoms with Crippen molar-refractivity contribution >= 4 is 11.8 Å². The van der Waals surface area contributed by atoms with E-state index >= 15 is 0 Å². The molecule has 66 valence electrons. The lowest BCUT2D eigenvalue weighted by molar-refractivity contribution is 0.720. The molecule has 0 heterocycles. The summed E-state index contributed by atoms with van der Waals surface area (Å²) in [6, 6.07) is 10.5. The summed E-state index contributed by atoms with van der Waals surface area (Å²) >= 11 is 5.33. The van der Waals surface area contributed by atoms with Gasteiger partial charge in [-0.3, -0.25) is 0 Å². The van der Waals surface area contributed by atoms with Crippen molar-refractivity contribution in [2.24, 2.45) is 0 Å². The van der Waals surface area contributed by atoms with Gasteiger partial charge in [0.05, 0.1) is 0 Å². The summed E-state index contributed by atoms with van der Waals surface area (Å²) in [4.78, 5) is 2.63. The minimum atomic E-state index is 0.897. The lowest BCUT2D eigenvalue weighted by atomic mass is 10.1. The third-order valence-electron chi connectivity index (χ3n) is 1.83. The smallest absolute Gasteiger partial charge is 0.0108 e. The normalized spacial score (nSPS) is 10.1. The molecular weight excluding hydrogens is 170 g/mol. The molecule has 1 aromatic carbocycles. The molecule has 0 amide bonds. The lowest BCUT2D eigenvalue weighted by Gasteiger charge is -1.99. The van der Waals surface area contributed by atoms with E-state index in [1.54, 1.807) is 0 Å². The SMILES string of the molecule is ClNCCCCc1ccccc1. The molecule has 1 rings (SSSR count). The van der Waals surface area contributed by atoms with Gasteiger partial charge in [0, 0.05) is 6.54 Å². The molecule has 0 radical (unpaired) electrons. The average molecular weight is 184 g/mol. The van der Waals surface area contributed by atoms with E-state index in [1.165, 1.54) is 12.0 Å². The molecule has 1 aromatic rings. The van der Waals surface area contributed by atoms with Crippen LogP contribution in [0.1, 0.15) is 18.4 Å². The molecule has 0 saturated heterocycles. The van der Waals surface area contributed by atoms with Crippen LogP contribution in [-0.4, -0.2) is 6.54 Å². The van der Waals surface area contributed by atoms with Crippen molar-refractivity contribution in [2.75, 3.05) is 6.54 Å². The molecule has 1 nitrogen and oxygen atoms in total. The lowest BCUT2D eigenvalue weighted by Crippen LogP contribution is -2.00. The number of hydrogen-bond donors (Lipinski definition) is 1. The van der Waals surface area contributed by atoms with Crippen molar-refractivity contribution in [1.82, 2.24) is 4.84 Å². The Bertz CT molecular complexity index is 198. The molecule has 2 heteroatoms.